The molecule has 194 valence electrons. The summed E-state index contributed by atoms with van der Waals surface area (Å²) in [6.45, 7) is 9.09. The first kappa shape index (κ1) is 27.2. The molecular formula is C27H28Cl2N4O3S. The number of hydrogen-bond donors (Lipinski definition) is 1. The molecule has 7 nitrogen and oxygen atoms in total. The number of hydrazone groups is 1. The van der Waals surface area contributed by atoms with Gasteiger partial charge in [-0.15, -0.1) is 0 Å². The number of amides is 1. The monoisotopic (exact) mass is 558 g/mol. The lowest BCUT2D eigenvalue weighted by atomic mass is 9.87. The summed E-state index contributed by atoms with van der Waals surface area (Å²) in [5.41, 5.74) is 1.97. The van der Waals surface area contributed by atoms with Crippen LogP contribution in [0.5, 0.6) is 11.5 Å². The van der Waals surface area contributed by atoms with Gasteiger partial charge in [0, 0.05) is 0 Å². The minimum Gasteiger partial charge on any atom is -0.490 e. The van der Waals surface area contributed by atoms with Gasteiger partial charge in [0.1, 0.15) is 24.0 Å². The van der Waals surface area contributed by atoms with E-state index in [1.165, 1.54) is 28.4 Å². The molecule has 37 heavy (non-hydrogen) atoms. The maximum Gasteiger partial charge on any atom is 0.283 e. The van der Waals surface area contributed by atoms with Gasteiger partial charge in [-0.2, -0.15) is 15.1 Å². The third-order valence-electron chi connectivity index (χ3n) is 5.61. The van der Waals surface area contributed by atoms with E-state index in [2.05, 4.69) is 43.0 Å². The van der Waals surface area contributed by atoms with E-state index in [1.807, 2.05) is 19.1 Å². The molecule has 10 heteroatoms. The predicted octanol–water partition coefficient (Wildman–Crippen LogP) is 7.17. The normalized spacial score (nSPS) is 16.6. The molecule has 0 bridgehead atoms. The first-order chi connectivity index (χ1) is 17.6. The topological polar surface area (TPSA) is 87.3 Å². The second kappa shape index (κ2) is 11.3. The van der Waals surface area contributed by atoms with Gasteiger partial charge in [0.25, 0.3) is 5.91 Å². The highest BCUT2D eigenvalue weighted by Gasteiger charge is 2.35. The van der Waals surface area contributed by atoms with Crippen molar-refractivity contribution in [3.63, 3.8) is 0 Å². The van der Waals surface area contributed by atoms with Crippen molar-refractivity contribution in [2.75, 3.05) is 13.2 Å². The molecule has 2 aliphatic heterocycles. The number of ether oxygens (including phenoxy) is 2. The van der Waals surface area contributed by atoms with Crippen LogP contribution >= 0.6 is 35.0 Å². The zero-order valence-electron chi connectivity index (χ0n) is 21.1. The van der Waals surface area contributed by atoms with Gasteiger partial charge in [-0.05, 0) is 71.5 Å². The quantitative estimate of drug-likeness (QED) is 0.274. The molecule has 4 rings (SSSR count). The van der Waals surface area contributed by atoms with Crippen LogP contribution in [0.15, 0.2) is 52.1 Å². The van der Waals surface area contributed by atoms with Crippen LogP contribution in [-0.2, 0) is 10.2 Å². The smallest absolute Gasteiger partial charge is 0.283 e. The van der Waals surface area contributed by atoms with Gasteiger partial charge >= 0.3 is 0 Å². The molecule has 0 saturated carbocycles. The largest absolute Gasteiger partial charge is 0.490 e. The van der Waals surface area contributed by atoms with Crippen LogP contribution in [0.25, 0.3) is 6.08 Å². The summed E-state index contributed by atoms with van der Waals surface area (Å²) < 4.78 is 11.5. The number of amidine groups is 2. The number of thioether (sulfide) groups is 1. The fraction of sp³-hybridized carbons (Fsp3) is 0.333. The molecule has 0 unspecified atom stereocenters. The number of fused-ring (bicyclic) bond motifs is 1. The Hall–Kier alpha value is -2.81. The van der Waals surface area contributed by atoms with E-state index in [1.54, 1.807) is 12.1 Å². The SMILES string of the molecule is CCCC1=NN2C(=N)C(=Cc3cc(Cl)c(OCCOc4ccc(C(C)(C)C)cc4)c(Cl)c3)C(=O)N=C2S1. The van der Waals surface area contributed by atoms with Crippen LogP contribution in [0.3, 0.4) is 0 Å². The van der Waals surface area contributed by atoms with Crippen molar-refractivity contribution in [3.8, 4) is 11.5 Å². The van der Waals surface area contributed by atoms with Gasteiger partial charge in [0.15, 0.2) is 11.6 Å². The fourth-order valence-corrected chi connectivity index (χ4v) is 5.27. The number of nitrogens with one attached hydrogen (secondary N) is 1. The van der Waals surface area contributed by atoms with Gasteiger partial charge in [0.2, 0.25) is 5.17 Å². The molecule has 2 aliphatic rings. The van der Waals surface area contributed by atoms with Crippen LogP contribution in [0, 0.1) is 5.41 Å². The van der Waals surface area contributed by atoms with E-state index in [4.69, 9.17) is 38.1 Å². The van der Waals surface area contributed by atoms with Crippen molar-refractivity contribution in [3.05, 3.63) is 63.1 Å². The second-order valence-electron chi connectivity index (χ2n) is 9.55. The third kappa shape index (κ3) is 6.37. The molecule has 0 fully saturated rings. The molecule has 1 amide bonds. The van der Waals surface area contributed by atoms with Gasteiger partial charge in [-0.25, -0.2) is 0 Å². The van der Waals surface area contributed by atoms with E-state index >= 15 is 0 Å². The highest BCUT2D eigenvalue weighted by Crippen LogP contribution is 2.36. The first-order valence-corrected chi connectivity index (χ1v) is 13.5. The van der Waals surface area contributed by atoms with Gasteiger partial charge < -0.3 is 9.47 Å². The number of nitrogens with zero attached hydrogens (tertiary/aromatic N) is 3. The summed E-state index contributed by atoms with van der Waals surface area (Å²) in [6, 6.07) is 11.3. The Morgan fingerprint density at radius 1 is 1.08 bits per heavy atom. The molecule has 2 aromatic rings. The minimum absolute atomic E-state index is 0.0335. The molecule has 2 heterocycles. The summed E-state index contributed by atoms with van der Waals surface area (Å²) >= 11 is 14.2. The number of carbonyl (C=O) groups is 1. The van der Waals surface area contributed by atoms with Crippen molar-refractivity contribution in [2.24, 2.45) is 10.1 Å². The Morgan fingerprint density at radius 2 is 1.73 bits per heavy atom. The number of carbonyl (C=O) groups excluding carboxylic acids is 1. The van der Waals surface area contributed by atoms with Crippen molar-refractivity contribution < 1.29 is 14.3 Å². The van der Waals surface area contributed by atoms with E-state index in [0.717, 1.165) is 23.6 Å². The number of rotatable bonds is 8. The van der Waals surface area contributed by atoms with Crippen LogP contribution in [-0.4, -0.2) is 40.2 Å². The Labute approximate surface area is 231 Å². The summed E-state index contributed by atoms with van der Waals surface area (Å²) in [7, 11) is 0. The van der Waals surface area contributed by atoms with E-state index in [0.29, 0.717) is 23.1 Å². The Balaban J connectivity index is 1.40. The van der Waals surface area contributed by atoms with E-state index < -0.39 is 5.91 Å². The number of halogens is 2. The summed E-state index contributed by atoms with van der Waals surface area (Å²) in [5.74, 6) is 0.543. The highest BCUT2D eigenvalue weighted by atomic mass is 35.5. The predicted molar refractivity (Wildman–Crippen MR) is 153 cm³/mol. The average Bonchev–Trinajstić information content (AvgIpc) is 3.23. The minimum atomic E-state index is -0.503. The second-order valence-corrected chi connectivity index (χ2v) is 11.4. The van der Waals surface area contributed by atoms with Gasteiger partial charge in [-0.3, -0.25) is 10.2 Å². The van der Waals surface area contributed by atoms with Crippen molar-refractivity contribution in [1.82, 2.24) is 5.01 Å². The Kier molecular flexibility index (Phi) is 8.31. The van der Waals surface area contributed by atoms with Crippen LogP contribution in [0.4, 0.5) is 0 Å². The van der Waals surface area contributed by atoms with Crippen LogP contribution < -0.4 is 9.47 Å². The zero-order valence-corrected chi connectivity index (χ0v) is 23.4. The molecule has 2 aromatic carbocycles. The highest BCUT2D eigenvalue weighted by molar-refractivity contribution is 8.26. The van der Waals surface area contributed by atoms with Crippen molar-refractivity contribution in [1.29, 1.82) is 5.41 Å². The molecule has 1 N–H and O–H groups in total. The standard InChI is InChI=1S/C27H28Cl2N4O3S/c1-5-6-22-32-33-24(30)19(25(34)31-26(33)37-22)13-16-14-20(28)23(21(29)15-16)36-12-11-35-18-9-7-17(8-10-18)27(2,3)4/h7-10,13-15,30H,5-6,11-12H2,1-4H3. The Morgan fingerprint density at radius 3 is 2.35 bits per heavy atom. The fourth-order valence-electron chi connectivity index (χ4n) is 3.67. The molecule has 0 aliphatic carbocycles. The number of aliphatic imine (C=N–C) groups is 1. The van der Waals surface area contributed by atoms with Crippen LogP contribution in [0.1, 0.15) is 51.7 Å². The van der Waals surface area contributed by atoms with E-state index in [-0.39, 0.29) is 33.5 Å². The molecule has 0 spiro atoms. The molecule has 0 aromatic heterocycles. The zero-order chi connectivity index (χ0) is 26.7. The van der Waals surface area contributed by atoms with E-state index in [9.17, 15) is 4.79 Å². The van der Waals surface area contributed by atoms with Crippen molar-refractivity contribution >= 4 is 63.0 Å². The van der Waals surface area contributed by atoms with Crippen molar-refractivity contribution in [2.45, 2.75) is 46.0 Å². The van der Waals surface area contributed by atoms with Crippen LogP contribution in [0.2, 0.25) is 10.0 Å². The number of hydrogen-bond acceptors (Lipinski definition) is 6. The average molecular weight is 560 g/mol. The number of benzene rings is 2. The Bertz CT molecular complexity index is 1290. The molecular weight excluding hydrogens is 531 g/mol. The lowest BCUT2D eigenvalue weighted by Gasteiger charge is -2.20. The van der Waals surface area contributed by atoms with Gasteiger partial charge in [-0.1, -0.05) is 63.0 Å². The lowest BCUT2D eigenvalue weighted by molar-refractivity contribution is -0.114. The molecule has 0 radical (unpaired) electrons. The molecule has 0 atom stereocenters. The molecule has 0 saturated heterocycles. The first-order valence-electron chi connectivity index (χ1n) is 11.9. The summed E-state index contributed by atoms with van der Waals surface area (Å²) in [6.07, 6.45) is 3.22. The summed E-state index contributed by atoms with van der Waals surface area (Å²) in [4.78, 5) is 16.7. The lowest BCUT2D eigenvalue weighted by Crippen LogP contribution is -2.35. The summed E-state index contributed by atoms with van der Waals surface area (Å²) in [5, 5.41) is 16.1. The maximum atomic E-state index is 12.6. The maximum absolute atomic E-state index is 12.6. The third-order valence-corrected chi connectivity index (χ3v) is 7.14. The van der Waals surface area contributed by atoms with Gasteiger partial charge in [0.05, 0.1) is 15.6 Å².